The van der Waals surface area contributed by atoms with Gasteiger partial charge in [-0.1, -0.05) is 41.9 Å². The number of halogens is 1. The first-order chi connectivity index (χ1) is 24.8. The number of fused-ring (bicyclic) bond motifs is 3. The van der Waals surface area contributed by atoms with Crippen molar-refractivity contribution in [1.82, 2.24) is 4.98 Å². The van der Waals surface area contributed by atoms with Gasteiger partial charge in [-0.25, -0.2) is 4.98 Å². The lowest BCUT2D eigenvalue weighted by Gasteiger charge is -2.53. The summed E-state index contributed by atoms with van der Waals surface area (Å²) in [5.41, 5.74) is 6.05. The smallest absolute Gasteiger partial charge is 0.265 e. The summed E-state index contributed by atoms with van der Waals surface area (Å²) in [6, 6.07) is 25.8. The molecule has 3 amide bonds. The second-order valence-electron chi connectivity index (χ2n) is 13.5. The van der Waals surface area contributed by atoms with E-state index >= 15 is 0 Å². The number of nitrogens with zero attached hydrogens (tertiary/aromatic N) is 3. The molecule has 11 heteroatoms. The van der Waals surface area contributed by atoms with Gasteiger partial charge in [0.05, 0.1) is 26.8 Å². The summed E-state index contributed by atoms with van der Waals surface area (Å²) in [6.07, 6.45) is 4.45. The highest BCUT2D eigenvalue weighted by Crippen LogP contribution is 2.44. The van der Waals surface area contributed by atoms with Crippen molar-refractivity contribution in [3.05, 3.63) is 123 Å². The first-order valence-corrected chi connectivity index (χ1v) is 18.3. The number of ether oxygens (including phenoxy) is 1. The third kappa shape index (κ3) is 6.51. The zero-order valence-electron chi connectivity index (χ0n) is 28.1. The SMILES string of the molecule is Cc1cnc(N2CC3(CCOCC3)C2)c(C(=O)Nc2ccc(C(=O)N3CCc4cc(C(=O)Nc5ccccc5Cl)sc4-c4ccccc43)cc2)c1. The van der Waals surface area contributed by atoms with Crippen LogP contribution in [0, 0.1) is 12.3 Å². The maximum absolute atomic E-state index is 14.0. The lowest BCUT2D eigenvalue weighted by molar-refractivity contribution is -0.000511. The number of aromatic nitrogens is 1. The quantitative estimate of drug-likeness (QED) is 0.184. The molecule has 8 rings (SSSR count). The number of aryl methyl sites for hydroxylation is 1. The van der Waals surface area contributed by atoms with Crippen LogP contribution in [0.25, 0.3) is 10.4 Å². The van der Waals surface area contributed by atoms with Crippen molar-refractivity contribution in [1.29, 1.82) is 0 Å². The first-order valence-electron chi connectivity index (χ1n) is 17.1. The highest BCUT2D eigenvalue weighted by Gasteiger charge is 2.45. The van der Waals surface area contributed by atoms with Gasteiger partial charge in [0.15, 0.2) is 0 Å². The highest BCUT2D eigenvalue weighted by molar-refractivity contribution is 7.17. The number of benzene rings is 3. The maximum Gasteiger partial charge on any atom is 0.265 e. The van der Waals surface area contributed by atoms with Gasteiger partial charge in [0, 0.05) is 66.2 Å². The van der Waals surface area contributed by atoms with Crippen molar-refractivity contribution in [3.8, 4) is 10.4 Å². The second kappa shape index (κ2) is 13.6. The molecule has 5 aromatic rings. The summed E-state index contributed by atoms with van der Waals surface area (Å²) in [4.78, 5) is 51.0. The number of para-hydroxylation sites is 2. The molecule has 3 aliphatic heterocycles. The van der Waals surface area contributed by atoms with E-state index in [0.29, 0.717) is 51.2 Å². The van der Waals surface area contributed by atoms with Crippen LogP contribution in [0.15, 0.2) is 91.1 Å². The molecule has 2 N–H and O–H groups in total. The fraction of sp³-hybridized carbons (Fsp3) is 0.250. The average Bonchev–Trinajstić information content (AvgIpc) is 3.50. The Morgan fingerprint density at radius 1 is 0.902 bits per heavy atom. The first kappa shape index (κ1) is 33.1. The van der Waals surface area contributed by atoms with Crippen molar-refractivity contribution in [2.45, 2.75) is 26.2 Å². The Kier molecular flexibility index (Phi) is 8.83. The molecular formula is C40H36ClN5O4S. The van der Waals surface area contributed by atoms with Gasteiger partial charge in [0.25, 0.3) is 17.7 Å². The van der Waals surface area contributed by atoms with E-state index in [1.165, 1.54) is 11.3 Å². The molecule has 2 fully saturated rings. The molecule has 9 nitrogen and oxygen atoms in total. The molecule has 5 heterocycles. The van der Waals surface area contributed by atoms with Crippen LogP contribution in [0.2, 0.25) is 5.02 Å². The molecule has 0 aliphatic carbocycles. The Morgan fingerprint density at radius 2 is 1.65 bits per heavy atom. The van der Waals surface area contributed by atoms with Crippen molar-refractivity contribution >= 4 is 63.5 Å². The normalized spacial score (nSPS) is 16.0. The summed E-state index contributed by atoms with van der Waals surface area (Å²) in [5.74, 6) is 0.0964. The van der Waals surface area contributed by atoms with E-state index in [9.17, 15) is 14.4 Å². The topological polar surface area (TPSA) is 104 Å². The molecule has 0 atom stereocenters. The van der Waals surface area contributed by atoms with Gasteiger partial charge in [0.1, 0.15) is 5.82 Å². The molecule has 0 unspecified atom stereocenters. The van der Waals surface area contributed by atoms with Gasteiger partial charge < -0.3 is 25.2 Å². The summed E-state index contributed by atoms with van der Waals surface area (Å²) in [5, 5.41) is 6.41. The average molecular weight is 718 g/mol. The van der Waals surface area contributed by atoms with Gasteiger partial charge >= 0.3 is 0 Å². The minimum absolute atomic E-state index is 0.142. The monoisotopic (exact) mass is 717 g/mol. The summed E-state index contributed by atoms with van der Waals surface area (Å²) >= 11 is 7.68. The zero-order valence-corrected chi connectivity index (χ0v) is 29.7. The number of carbonyl (C=O) groups is 3. The van der Waals surface area contributed by atoms with Gasteiger partial charge in [-0.05, 0) is 91.9 Å². The number of pyridine rings is 1. The van der Waals surface area contributed by atoms with Gasteiger partial charge in [-0.15, -0.1) is 11.3 Å². The molecule has 3 aliphatic rings. The van der Waals surface area contributed by atoms with E-state index < -0.39 is 0 Å². The fourth-order valence-corrected chi connectivity index (χ4v) is 8.55. The number of rotatable bonds is 6. The summed E-state index contributed by atoms with van der Waals surface area (Å²) in [7, 11) is 0. The van der Waals surface area contributed by atoms with Gasteiger partial charge in [0.2, 0.25) is 0 Å². The molecular weight excluding hydrogens is 682 g/mol. The summed E-state index contributed by atoms with van der Waals surface area (Å²) in [6.45, 7) is 5.69. The van der Waals surface area contributed by atoms with Gasteiger partial charge in [-0.2, -0.15) is 0 Å². The maximum atomic E-state index is 14.0. The number of anilines is 4. The second-order valence-corrected chi connectivity index (χ2v) is 15.0. The van der Waals surface area contributed by atoms with Crippen molar-refractivity contribution in [2.75, 3.05) is 53.3 Å². The minimum atomic E-state index is -0.235. The number of hydrogen-bond acceptors (Lipinski definition) is 7. The van der Waals surface area contributed by atoms with Crippen LogP contribution in [-0.4, -0.2) is 55.6 Å². The Labute approximate surface area is 305 Å². The number of thiophene rings is 1. The lowest BCUT2D eigenvalue weighted by atomic mass is 9.73. The molecule has 2 saturated heterocycles. The minimum Gasteiger partial charge on any atom is -0.381 e. The van der Waals surface area contributed by atoms with Crippen molar-refractivity contribution in [3.63, 3.8) is 0 Å². The fourth-order valence-electron chi connectivity index (χ4n) is 7.23. The molecule has 0 saturated carbocycles. The van der Waals surface area contributed by atoms with Crippen LogP contribution in [0.3, 0.4) is 0 Å². The molecule has 258 valence electrons. The largest absolute Gasteiger partial charge is 0.381 e. The van der Waals surface area contributed by atoms with Crippen LogP contribution in [-0.2, 0) is 11.2 Å². The summed E-state index contributed by atoms with van der Waals surface area (Å²) < 4.78 is 5.57. The third-order valence-corrected chi connectivity index (χ3v) is 11.5. The molecule has 0 radical (unpaired) electrons. The number of hydrogen-bond donors (Lipinski definition) is 2. The van der Waals surface area contributed by atoms with E-state index in [2.05, 4.69) is 20.5 Å². The molecule has 2 aromatic heterocycles. The Hall–Kier alpha value is -5.03. The van der Waals surface area contributed by atoms with E-state index in [4.69, 9.17) is 16.3 Å². The number of nitrogens with one attached hydrogen (secondary N) is 2. The highest BCUT2D eigenvalue weighted by atomic mass is 35.5. The van der Waals surface area contributed by atoms with Crippen LogP contribution in [0.1, 0.15) is 54.4 Å². The number of amides is 3. The van der Waals surface area contributed by atoms with Gasteiger partial charge in [-0.3, -0.25) is 14.4 Å². The van der Waals surface area contributed by atoms with E-state index in [1.807, 2.05) is 55.5 Å². The predicted octanol–water partition coefficient (Wildman–Crippen LogP) is 8.10. The Morgan fingerprint density at radius 3 is 2.43 bits per heavy atom. The van der Waals surface area contributed by atoms with Crippen LogP contribution in [0.5, 0.6) is 0 Å². The molecule has 0 bridgehead atoms. The van der Waals surface area contributed by atoms with E-state index in [1.54, 1.807) is 47.5 Å². The lowest BCUT2D eigenvalue weighted by Crippen LogP contribution is -2.59. The van der Waals surface area contributed by atoms with Crippen molar-refractivity contribution in [2.24, 2.45) is 5.41 Å². The zero-order chi connectivity index (χ0) is 35.1. The van der Waals surface area contributed by atoms with E-state index in [0.717, 1.165) is 66.4 Å². The molecule has 51 heavy (non-hydrogen) atoms. The Balaban J connectivity index is 0.974. The van der Waals surface area contributed by atoms with Crippen LogP contribution >= 0.6 is 22.9 Å². The third-order valence-electron chi connectivity index (χ3n) is 9.99. The van der Waals surface area contributed by atoms with Crippen LogP contribution < -0.4 is 20.4 Å². The Bertz CT molecular complexity index is 2150. The number of carbonyl (C=O) groups excluding carboxylic acids is 3. The molecule has 1 spiro atoms. The van der Waals surface area contributed by atoms with E-state index in [-0.39, 0.29) is 23.1 Å². The molecule has 3 aromatic carbocycles. The predicted molar refractivity (Wildman–Crippen MR) is 203 cm³/mol. The van der Waals surface area contributed by atoms with Crippen LogP contribution in [0.4, 0.5) is 22.9 Å². The van der Waals surface area contributed by atoms with Crippen molar-refractivity contribution < 1.29 is 19.1 Å². The standard InChI is InChI=1S/C40H36ClN5O4S/c1-25-20-30(36(42-22-25)45-23-40(24-45)15-18-50-19-16-40)37(47)43-28-12-10-26(11-13-28)39(49)46-17-14-27-21-34(38(48)44-32-8-4-3-7-31(32)41)51-35(27)29-6-2-5-9-33(29)46/h2-13,20-22H,14-19,23-24H2,1H3,(H,43,47)(H,44,48).